The highest BCUT2D eigenvalue weighted by atomic mass is 32.1. The van der Waals surface area contributed by atoms with Gasteiger partial charge in [0.2, 0.25) is 0 Å². The summed E-state index contributed by atoms with van der Waals surface area (Å²) in [5.74, 6) is -0.960. The molecule has 110 valence electrons. The molecule has 0 saturated heterocycles. The molecule has 0 atom stereocenters. The van der Waals surface area contributed by atoms with Crippen molar-refractivity contribution in [3.05, 3.63) is 40.5 Å². The van der Waals surface area contributed by atoms with E-state index in [1.165, 1.54) is 23.5 Å². The molecular weight excluding hydrogens is 303 g/mol. The molecular formula is C14H10F3NO2S. The van der Waals surface area contributed by atoms with Crippen molar-refractivity contribution in [2.24, 2.45) is 0 Å². The van der Waals surface area contributed by atoms with Crippen LogP contribution in [-0.2, 0) is 6.18 Å². The minimum Gasteiger partial charge on any atom is -0.476 e. The van der Waals surface area contributed by atoms with Gasteiger partial charge in [-0.3, -0.25) is 0 Å². The average molecular weight is 313 g/mol. The number of nitrogens with zero attached hydrogens (tertiary/aromatic N) is 1. The second-order valence-corrected chi connectivity index (χ2v) is 5.92. The van der Waals surface area contributed by atoms with Gasteiger partial charge >= 0.3 is 12.1 Å². The SMILES string of the molecule is O=C(O)c1nc(C2CC2)sc1-c1cccc(C(F)(F)F)c1. The van der Waals surface area contributed by atoms with Crippen LogP contribution in [0.3, 0.4) is 0 Å². The molecule has 3 nitrogen and oxygen atoms in total. The number of benzene rings is 1. The number of rotatable bonds is 3. The van der Waals surface area contributed by atoms with E-state index in [9.17, 15) is 23.1 Å². The Morgan fingerprint density at radius 3 is 2.62 bits per heavy atom. The maximum atomic E-state index is 12.8. The molecule has 2 aromatic rings. The van der Waals surface area contributed by atoms with Crippen molar-refractivity contribution < 1.29 is 23.1 Å². The summed E-state index contributed by atoms with van der Waals surface area (Å²) in [4.78, 5) is 15.6. The average Bonchev–Trinajstić information content (AvgIpc) is 3.16. The van der Waals surface area contributed by atoms with Gasteiger partial charge in [-0.25, -0.2) is 9.78 Å². The fraction of sp³-hybridized carbons (Fsp3) is 0.286. The summed E-state index contributed by atoms with van der Waals surface area (Å²) in [7, 11) is 0. The van der Waals surface area contributed by atoms with Crippen molar-refractivity contribution in [2.45, 2.75) is 24.9 Å². The van der Waals surface area contributed by atoms with Gasteiger partial charge in [0.1, 0.15) is 0 Å². The zero-order chi connectivity index (χ0) is 15.2. The van der Waals surface area contributed by atoms with Gasteiger partial charge < -0.3 is 5.11 Å². The van der Waals surface area contributed by atoms with E-state index in [0.717, 1.165) is 25.0 Å². The Morgan fingerprint density at radius 2 is 2.05 bits per heavy atom. The summed E-state index contributed by atoms with van der Waals surface area (Å²) in [5.41, 5.74) is -0.717. The van der Waals surface area contributed by atoms with E-state index in [-0.39, 0.29) is 22.1 Å². The minimum atomic E-state index is -4.45. The van der Waals surface area contributed by atoms with E-state index in [1.807, 2.05) is 0 Å². The second-order valence-electron chi connectivity index (χ2n) is 4.89. The first-order chi connectivity index (χ1) is 9.86. The van der Waals surface area contributed by atoms with Crippen molar-refractivity contribution >= 4 is 17.3 Å². The number of halogens is 3. The van der Waals surface area contributed by atoms with Gasteiger partial charge in [-0.1, -0.05) is 12.1 Å². The number of aromatic carboxylic acids is 1. The van der Waals surface area contributed by atoms with E-state index in [1.54, 1.807) is 0 Å². The topological polar surface area (TPSA) is 50.2 Å². The fourth-order valence-electron chi connectivity index (χ4n) is 2.02. The van der Waals surface area contributed by atoms with E-state index in [2.05, 4.69) is 4.98 Å². The standard InChI is InChI=1S/C14H10F3NO2S/c15-14(16,17)9-3-1-2-8(6-9)11-10(13(19)20)18-12(21-11)7-4-5-7/h1-3,6-7H,4-5H2,(H,19,20). The molecule has 1 aliphatic carbocycles. The molecule has 7 heteroatoms. The Bertz CT molecular complexity index is 704. The molecule has 21 heavy (non-hydrogen) atoms. The van der Waals surface area contributed by atoms with Gasteiger partial charge in [-0.05, 0) is 30.5 Å². The highest BCUT2D eigenvalue weighted by molar-refractivity contribution is 7.15. The fourth-order valence-corrected chi connectivity index (χ4v) is 3.24. The maximum absolute atomic E-state index is 12.8. The maximum Gasteiger partial charge on any atom is 0.416 e. The molecule has 1 N–H and O–H groups in total. The lowest BCUT2D eigenvalue weighted by Crippen LogP contribution is -2.05. The lowest BCUT2D eigenvalue weighted by molar-refractivity contribution is -0.137. The molecule has 1 heterocycles. The number of carboxylic acids is 1. The first kappa shape index (κ1) is 14.1. The highest BCUT2D eigenvalue weighted by Gasteiger charge is 2.33. The van der Waals surface area contributed by atoms with Crippen LogP contribution in [-0.4, -0.2) is 16.1 Å². The normalized spacial score (nSPS) is 15.2. The monoisotopic (exact) mass is 313 g/mol. The first-order valence-corrected chi connectivity index (χ1v) is 7.09. The summed E-state index contributed by atoms with van der Waals surface area (Å²) in [6.45, 7) is 0. The van der Waals surface area contributed by atoms with Gasteiger partial charge in [0, 0.05) is 5.92 Å². The van der Waals surface area contributed by atoms with Crippen LogP contribution in [0.4, 0.5) is 13.2 Å². The smallest absolute Gasteiger partial charge is 0.416 e. The van der Waals surface area contributed by atoms with Crippen molar-refractivity contribution in [1.29, 1.82) is 0 Å². The largest absolute Gasteiger partial charge is 0.476 e. The minimum absolute atomic E-state index is 0.166. The van der Waals surface area contributed by atoms with Gasteiger partial charge in [0.15, 0.2) is 5.69 Å². The molecule has 0 unspecified atom stereocenters. The van der Waals surface area contributed by atoms with Crippen molar-refractivity contribution in [3.8, 4) is 10.4 Å². The molecule has 0 bridgehead atoms. The molecule has 1 aromatic carbocycles. The number of thiazole rings is 1. The van der Waals surface area contributed by atoms with Gasteiger partial charge in [-0.2, -0.15) is 13.2 Å². The molecule has 0 radical (unpaired) electrons. The predicted molar refractivity (Wildman–Crippen MR) is 71.5 cm³/mol. The van der Waals surface area contributed by atoms with Gasteiger partial charge in [0.05, 0.1) is 15.4 Å². The molecule has 1 saturated carbocycles. The summed E-state index contributed by atoms with van der Waals surface area (Å²) < 4.78 is 38.3. The lowest BCUT2D eigenvalue weighted by Gasteiger charge is -2.07. The van der Waals surface area contributed by atoms with Crippen molar-refractivity contribution in [3.63, 3.8) is 0 Å². The highest BCUT2D eigenvalue weighted by Crippen LogP contribution is 2.45. The lowest BCUT2D eigenvalue weighted by atomic mass is 10.1. The Morgan fingerprint density at radius 1 is 1.33 bits per heavy atom. The zero-order valence-corrected chi connectivity index (χ0v) is 11.5. The van der Waals surface area contributed by atoms with Crippen LogP contribution in [0.5, 0.6) is 0 Å². The van der Waals surface area contributed by atoms with E-state index in [0.29, 0.717) is 5.01 Å². The molecule has 1 aliphatic rings. The Labute approximate surface area is 122 Å². The number of carboxylic acid groups (broad SMARTS) is 1. The van der Waals surface area contributed by atoms with Crippen LogP contribution in [0.25, 0.3) is 10.4 Å². The van der Waals surface area contributed by atoms with Crippen molar-refractivity contribution in [2.75, 3.05) is 0 Å². The molecule has 0 spiro atoms. The summed E-state index contributed by atoms with van der Waals surface area (Å²) in [5, 5.41) is 9.89. The first-order valence-electron chi connectivity index (χ1n) is 6.28. The van der Waals surface area contributed by atoms with Crippen LogP contribution in [0.2, 0.25) is 0 Å². The molecule has 3 rings (SSSR count). The summed E-state index contributed by atoms with van der Waals surface area (Å²) >= 11 is 1.17. The number of hydrogen-bond acceptors (Lipinski definition) is 3. The predicted octanol–water partition coefficient (Wildman–Crippen LogP) is 4.40. The van der Waals surface area contributed by atoms with Crippen LogP contribution in [0, 0.1) is 0 Å². The summed E-state index contributed by atoms with van der Waals surface area (Å²) in [6.07, 6.45) is -2.55. The van der Waals surface area contributed by atoms with Crippen LogP contribution in [0.15, 0.2) is 24.3 Å². The Kier molecular flexibility index (Phi) is 3.24. The third kappa shape index (κ3) is 2.78. The van der Waals surface area contributed by atoms with Crippen LogP contribution >= 0.6 is 11.3 Å². The van der Waals surface area contributed by atoms with Gasteiger partial charge in [-0.15, -0.1) is 11.3 Å². The summed E-state index contributed by atoms with van der Waals surface area (Å²) in [6, 6.07) is 4.69. The van der Waals surface area contributed by atoms with Crippen LogP contribution in [0.1, 0.15) is 39.8 Å². The number of carbonyl (C=O) groups is 1. The Balaban J connectivity index is 2.09. The second kappa shape index (κ2) is 4.84. The molecule has 1 fully saturated rings. The molecule has 0 amide bonds. The third-order valence-corrected chi connectivity index (χ3v) is 4.49. The molecule has 1 aromatic heterocycles. The quantitative estimate of drug-likeness (QED) is 0.913. The van der Waals surface area contributed by atoms with E-state index in [4.69, 9.17) is 0 Å². The number of hydrogen-bond donors (Lipinski definition) is 1. The van der Waals surface area contributed by atoms with E-state index >= 15 is 0 Å². The van der Waals surface area contributed by atoms with Crippen LogP contribution < -0.4 is 0 Å². The van der Waals surface area contributed by atoms with E-state index < -0.39 is 17.7 Å². The van der Waals surface area contributed by atoms with Gasteiger partial charge in [0.25, 0.3) is 0 Å². The third-order valence-electron chi connectivity index (χ3n) is 3.22. The Hall–Kier alpha value is -1.89. The van der Waals surface area contributed by atoms with Crippen molar-refractivity contribution in [1.82, 2.24) is 4.98 Å². The molecule has 0 aliphatic heterocycles. The number of alkyl halides is 3. The zero-order valence-electron chi connectivity index (χ0n) is 10.6. The number of aromatic nitrogens is 1.